The van der Waals surface area contributed by atoms with Crippen molar-refractivity contribution in [3.8, 4) is 0 Å². The Morgan fingerprint density at radius 1 is 0.375 bits per heavy atom. The van der Waals surface area contributed by atoms with Crippen molar-refractivity contribution in [2.24, 2.45) is 0 Å². The van der Waals surface area contributed by atoms with Gasteiger partial charge in [-0.25, -0.2) is 0 Å². The number of carbonyl (C=O) groups is 1. The molecule has 0 rings (SSSR count). The molecule has 0 aliphatic carbocycles. The molecule has 3 nitrogen and oxygen atoms in total. The van der Waals surface area contributed by atoms with Gasteiger partial charge in [0.25, 0.3) is 0 Å². The second-order valence-corrected chi connectivity index (χ2v) is 12.0. The van der Waals surface area contributed by atoms with Crippen LogP contribution in [0.4, 0.5) is 136 Å². The number of carboxylic acids is 1. The first-order valence-corrected chi connectivity index (χ1v) is 13.0. The molecule has 336 valence electrons. The molecule has 0 aromatic carbocycles. The maximum absolute atomic E-state index is 14.0. The summed E-state index contributed by atoms with van der Waals surface area (Å²) in [5.74, 6) is -134. The molecule has 34 heteroatoms. The average Bonchev–Trinajstić information content (AvgIpc) is 2.94. The van der Waals surface area contributed by atoms with Gasteiger partial charge in [-0.3, -0.25) is 0 Å². The highest BCUT2D eigenvalue weighted by Gasteiger charge is 3.01. The molecule has 0 aromatic heterocycles. The van der Waals surface area contributed by atoms with Gasteiger partial charge in [0.2, 0.25) is 0 Å². The lowest BCUT2D eigenvalue weighted by Gasteiger charge is -2.46. The van der Waals surface area contributed by atoms with Crippen LogP contribution in [0.2, 0.25) is 0 Å². The van der Waals surface area contributed by atoms with Crippen molar-refractivity contribution in [2.45, 2.75) is 102 Å². The fraction of sp³-hybridized carbons (Fsp3) is 0.955. The fourth-order valence-electron chi connectivity index (χ4n) is 3.89. The van der Waals surface area contributed by atoms with Gasteiger partial charge in [-0.2, -0.15) is 136 Å². The van der Waals surface area contributed by atoms with Crippen LogP contribution >= 0.6 is 0 Å². The molecule has 0 radical (unpaired) electrons. The summed E-state index contributed by atoms with van der Waals surface area (Å²) in [5.41, 5.74) is 0. The van der Waals surface area contributed by atoms with Gasteiger partial charge >= 0.3 is 89.1 Å². The van der Waals surface area contributed by atoms with Crippen molar-refractivity contribution in [1.29, 1.82) is 0 Å². The van der Waals surface area contributed by atoms with Gasteiger partial charge in [0.05, 0.1) is 26.6 Å². The Labute approximate surface area is 286 Å². The highest BCUT2D eigenvalue weighted by Crippen LogP contribution is 2.69. The monoisotopic (exact) mass is 913 g/mol. The molecule has 0 aliphatic heterocycles. The van der Waals surface area contributed by atoms with E-state index >= 15 is 0 Å². The van der Waals surface area contributed by atoms with Crippen LogP contribution in [0.3, 0.4) is 0 Å². The van der Waals surface area contributed by atoms with E-state index < -0.39 is 125 Å². The van der Waals surface area contributed by atoms with Crippen molar-refractivity contribution in [1.82, 2.24) is 0 Å². The molecule has 0 saturated carbocycles. The molecule has 0 fully saturated rings. The fourth-order valence-corrected chi connectivity index (χ4v) is 3.89. The number of nitrogens with zero attached hydrogens (tertiary/aromatic N) is 1. The van der Waals surface area contributed by atoms with Gasteiger partial charge in [0, 0.05) is 12.8 Å². The third-order valence-electron chi connectivity index (χ3n) is 7.36. The quantitative estimate of drug-likeness (QED) is 0.0960. The van der Waals surface area contributed by atoms with E-state index in [1.165, 1.54) is 0 Å². The average molecular weight is 913 g/mol. The molecule has 0 bridgehead atoms. The number of halogens is 31. The molecule has 0 unspecified atom stereocenters. The minimum atomic E-state index is -10.1. The lowest BCUT2D eigenvalue weighted by molar-refractivity contribution is -0.885. The standard InChI is InChI=1S/C22H14F31NO2/c1-54(2,6-7(55)56)5-3-4-8(23,24)9(25,26)10(27,28)11(29,30)12(31,32)13(33,34)14(35,36)15(37,38)16(39,40)17(41,42)18(43,44)19(45,46)20(47,48)21(49,50)22(51,52)53/h3-6H2,1-2H3. The summed E-state index contributed by atoms with van der Waals surface area (Å²) >= 11 is 0. The van der Waals surface area contributed by atoms with Crippen LogP contribution in [0.15, 0.2) is 0 Å². The molecule has 0 atom stereocenters. The molecular formula is C22H14F31NO2. The number of hydrogen-bond donors (Lipinski definition) is 0. The molecule has 0 N–H and O–H groups in total. The van der Waals surface area contributed by atoms with E-state index in [0.717, 1.165) is 0 Å². The zero-order valence-corrected chi connectivity index (χ0v) is 25.8. The molecule has 0 amide bonds. The maximum Gasteiger partial charge on any atom is 0.460 e. The molecule has 0 spiro atoms. The highest BCUT2D eigenvalue weighted by molar-refractivity contribution is 5.65. The highest BCUT2D eigenvalue weighted by atomic mass is 19.4. The van der Waals surface area contributed by atoms with E-state index in [0.29, 0.717) is 14.1 Å². The van der Waals surface area contributed by atoms with Crippen LogP contribution in [0.5, 0.6) is 0 Å². The number of carbonyl (C=O) groups excluding carboxylic acids is 1. The van der Waals surface area contributed by atoms with Crippen molar-refractivity contribution in [3.05, 3.63) is 0 Å². The van der Waals surface area contributed by atoms with Gasteiger partial charge in [0.15, 0.2) is 0 Å². The normalized spacial score (nSPS) is 16.7. The maximum atomic E-state index is 14.0. The lowest BCUT2D eigenvalue weighted by atomic mass is 9.83. The largest absolute Gasteiger partial charge is 0.544 e. The van der Waals surface area contributed by atoms with Gasteiger partial charge in [-0.15, -0.1) is 0 Å². The van der Waals surface area contributed by atoms with Gasteiger partial charge in [0.1, 0.15) is 6.54 Å². The summed E-state index contributed by atoms with van der Waals surface area (Å²) in [6.07, 6.45) is -13.2. The minimum absolute atomic E-state index is 0.709. The van der Waals surface area contributed by atoms with E-state index in [9.17, 15) is 146 Å². The summed E-state index contributed by atoms with van der Waals surface area (Å²) in [5, 5.41) is 10.5. The van der Waals surface area contributed by atoms with Crippen LogP contribution in [0.1, 0.15) is 12.8 Å². The Balaban J connectivity index is 7.41. The van der Waals surface area contributed by atoms with Crippen LogP contribution < -0.4 is 5.11 Å². The zero-order chi connectivity index (χ0) is 46.4. The molecule has 0 saturated heterocycles. The first-order chi connectivity index (χ1) is 23.6. The van der Waals surface area contributed by atoms with Crippen LogP contribution in [-0.4, -0.2) is 127 Å². The number of likely N-dealkylation sites (N-methyl/N-ethyl adjacent to an activating group) is 1. The van der Waals surface area contributed by atoms with E-state index in [-0.39, 0.29) is 0 Å². The van der Waals surface area contributed by atoms with E-state index in [2.05, 4.69) is 0 Å². The lowest BCUT2D eigenvalue weighted by Crippen LogP contribution is -2.79. The third-order valence-corrected chi connectivity index (χ3v) is 7.36. The van der Waals surface area contributed by atoms with Gasteiger partial charge < -0.3 is 14.4 Å². The SMILES string of the molecule is C[N+](C)(CCCC(F)(F)C(F)(F)C(F)(F)C(F)(F)C(F)(F)C(F)(F)C(F)(F)C(F)(F)C(F)(F)C(F)(F)C(F)(F)C(F)(F)C(F)(F)C(F)(F)C(F)(F)F)CC(=O)[O-]. The molecule has 0 heterocycles. The first kappa shape index (κ1) is 53.3. The van der Waals surface area contributed by atoms with Gasteiger partial charge in [-0.05, 0) is 0 Å². The van der Waals surface area contributed by atoms with E-state index in [4.69, 9.17) is 0 Å². The predicted octanol–water partition coefficient (Wildman–Crippen LogP) is 9.05. The van der Waals surface area contributed by atoms with Crippen molar-refractivity contribution < 1.29 is 150 Å². The molecule has 0 aromatic rings. The molecular weight excluding hydrogens is 899 g/mol. The van der Waals surface area contributed by atoms with Crippen molar-refractivity contribution in [2.75, 3.05) is 27.2 Å². The predicted molar refractivity (Wildman–Crippen MR) is 111 cm³/mol. The minimum Gasteiger partial charge on any atom is -0.544 e. The Hall–Kier alpha value is -2.74. The molecule has 0 aliphatic rings. The number of quaternary nitrogens is 1. The first-order valence-electron chi connectivity index (χ1n) is 13.0. The third kappa shape index (κ3) is 6.97. The van der Waals surface area contributed by atoms with Gasteiger partial charge in [-0.1, -0.05) is 0 Å². The Morgan fingerprint density at radius 2 is 0.571 bits per heavy atom. The topological polar surface area (TPSA) is 40.1 Å². The second-order valence-electron chi connectivity index (χ2n) is 12.0. The van der Waals surface area contributed by atoms with Crippen LogP contribution in [0, 0.1) is 0 Å². The van der Waals surface area contributed by atoms with Crippen LogP contribution in [-0.2, 0) is 4.79 Å². The smallest absolute Gasteiger partial charge is 0.460 e. The van der Waals surface area contributed by atoms with E-state index in [1.807, 2.05) is 0 Å². The molecule has 56 heavy (non-hydrogen) atoms. The number of rotatable bonds is 19. The summed E-state index contributed by atoms with van der Waals surface area (Å²) in [4.78, 5) is 10.5. The number of carboxylic acid groups (broad SMARTS) is 1. The second kappa shape index (κ2) is 13.7. The number of alkyl halides is 31. The zero-order valence-electron chi connectivity index (χ0n) is 25.8. The van der Waals surface area contributed by atoms with Crippen molar-refractivity contribution in [3.63, 3.8) is 0 Å². The number of aliphatic carboxylic acids is 1. The van der Waals surface area contributed by atoms with Crippen molar-refractivity contribution >= 4 is 5.97 Å². The number of hydrogen-bond acceptors (Lipinski definition) is 2. The van der Waals surface area contributed by atoms with E-state index in [1.54, 1.807) is 0 Å². The summed E-state index contributed by atoms with van der Waals surface area (Å²) in [7, 11) is 1.42. The Morgan fingerprint density at radius 3 is 0.768 bits per heavy atom. The summed E-state index contributed by atoms with van der Waals surface area (Å²) in [6, 6.07) is 0. The Bertz CT molecular complexity index is 1420. The van der Waals surface area contributed by atoms with Crippen LogP contribution in [0.25, 0.3) is 0 Å². The Kier molecular flexibility index (Phi) is 13.0. The summed E-state index contributed by atoms with van der Waals surface area (Å²) in [6.45, 7) is -2.48. The summed E-state index contributed by atoms with van der Waals surface area (Å²) < 4.78 is 421.